The zero-order valence-corrected chi connectivity index (χ0v) is 8.39. The van der Waals surface area contributed by atoms with E-state index < -0.39 is 0 Å². The maximum Gasteiger partial charge on any atom is 0.0946 e. The SMILES string of the molecule is CC(C)/C(C#N)=C/C1CC1(C)C. The van der Waals surface area contributed by atoms with Gasteiger partial charge in [-0.1, -0.05) is 33.8 Å². The third-order valence-corrected chi connectivity index (χ3v) is 2.72. The highest BCUT2D eigenvalue weighted by Gasteiger charge is 2.44. The first-order valence-corrected chi connectivity index (χ1v) is 4.59. The van der Waals surface area contributed by atoms with Gasteiger partial charge in [-0.05, 0) is 23.7 Å². The summed E-state index contributed by atoms with van der Waals surface area (Å²) in [6, 6.07) is 2.27. The first kappa shape index (κ1) is 9.32. The van der Waals surface area contributed by atoms with Crippen molar-refractivity contribution in [3.63, 3.8) is 0 Å². The lowest BCUT2D eigenvalue weighted by Gasteiger charge is -2.02. The topological polar surface area (TPSA) is 23.8 Å². The highest BCUT2D eigenvalue weighted by Crippen LogP contribution is 2.53. The summed E-state index contributed by atoms with van der Waals surface area (Å²) in [5, 5.41) is 8.83. The van der Waals surface area contributed by atoms with Crippen molar-refractivity contribution in [2.45, 2.75) is 34.1 Å². The van der Waals surface area contributed by atoms with E-state index >= 15 is 0 Å². The van der Waals surface area contributed by atoms with Gasteiger partial charge in [0.05, 0.1) is 6.07 Å². The van der Waals surface area contributed by atoms with E-state index in [1.807, 2.05) is 0 Å². The molecule has 1 aliphatic rings. The predicted octanol–water partition coefficient (Wildman–Crippen LogP) is 3.14. The number of nitriles is 1. The molecule has 1 unspecified atom stereocenters. The Kier molecular flexibility index (Phi) is 2.28. The van der Waals surface area contributed by atoms with Crippen LogP contribution >= 0.6 is 0 Å². The fourth-order valence-corrected chi connectivity index (χ4v) is 1.37. The number of allylic oxidation sites excluding steroid dienone is 2. The Balaban J connectivity index is 2.64. The molecule has 0 aliphatic heterocycles. The molecule has 0 saturated heterocycles. The van der Waals surface area contributed by atoms with Gasteiger partial charge in [-0.25, -0.2) is 0 Å². The van der Waals surface area contributed by atoms with E-state index in [4.69, 9.17) is 5.26 Å². The maximum absolute atomic E-state index is 8.83. The fourth-order valence-electron chi connectivity index (χ4n) is 1.37. The largest absolute Gasteiger partial charge is 0.193 e. The molecule has 0 aromatic heterocycles. The molecule has 0 amide bonds. The third kappa shape index (κ3) is 1.88. The molecule has 66 valence electrons. The summed E-state index contributed by atoms with van der Waals surface area (Å²) in [5.41, 5.74) is 1.40. The lowest BCUT2D eigenvalue weighted by Crippen LogP contribution is -1.94. The normalized spacial score (nSPS) is 27.0. The van der Waals surface area contributed by atoms with Crippen LogP contribution in [0.5, 0.6) is 0 Å². The van der Waals surface area contributed by atoms with E-state index in [0.717, 1.165) is 5.57 Å². The van der Waals surface area contributed by atoms with Gasteiger partial charge in [0.2, 0.25) is 0 Å². The first-order valence-electron chi connectivity index (χ1n) is 4.59. The first-order chi connectivity index (χ1) is 5.47. The van der Waals surface area contributed by atoms with Gasteiger partial charge in [0.25, 0.3) is 0 Å². The van der Waals surface area contributed by atoms with Crippen molar-refractivity contribution in [3.8, 4) is 6.07 Å². The number of hydrogen-bond acceptors (Lipinski definition) is 1. The van der Waals surface area contributed by atoms with Crippen molar-refractivity contribution in [3.05, 3.63) is 11.6 Å². The second-order valence-corrected chi connectivity index (χ2v) is 4.69. The van der Waals surface area contributed by atoms with Crippen LogP contribution in [0, 0.1) is 28.6 Å². The van der Waals surface area contributed by atoms with Crippen molar-refractivity contribution in [2.24, 2.45) is 17.3 Å². The molecule has 0 bridgehead atoms. The van der Waals surface area contributed by atoms with E-state index in [1.165, 1.54) is 6.42 Å². The van der Waals surface area contributed by atoms with Crippen LogP contribution in [0.1, 0.15) is 34.1 Å². The smallest absolute Gasteiger partial charge is 0.0946 e. The van der Waals surface area contributed by atoms with Crippen molar-refractivity contribution in [2.75, 3.05) is 0 Å². The lowest BCUT2D eigenvalue weighted by molar-refractivity contribution is 0.606. The van der Waals surface area contributed by atoms with Gasteiger partial charge in [0.1, 0.15) is 0 Å². The molecule has 0 aromatic rings. The van der Waals surface area contributed by atoms with Gasteiger partial charge < -0.3 is 0 Å². The van der Waals surface area contributed by atoms with Gasteiger partial charge in [-0.3, -0.25) is 0 Å². The molecule has 0 spiro atoms. The summed E-state index contributed by atoms with van der Waals surface area (Å²) >= 11 is 0. The molecule has 1 saturated carbocycles. The Morgan fingerprint density at radius 2 is 2.08 bits per heavy atom. The average molecular weight is 163 g/mol. The minimum absolute atomic E-state index is 0.381. The fraction of sp³-hybridized carbons (Fsp3) is 0.727. The molecule has 1 rings (SSSR count). The molecular weight excluding hydrogens is 146 g/mol. The highest BCUT2D eigenvalue weighted by atomic mass is 14.5. The zero-order valence-electron chi connectivity index (χ0n) is 8.39. The molecule has 0 radical (unpaired) electrons. The van der Waals surface area contributed by atoms with Crippen LogP contribution in [0.25, 0.3) is 0 Å². The van der Waals surface area contributed by atoms with Crippen LogP contribution in [0.3, 0.4) is 0 Å². The minimum atomic E-state index is 0.381. The van der Waals surface area contributed by atoms with Gasteiger partial charge >= 0.3 is 0 Å². The summed E-state index contributed by atoms with van der Waals surface area (Å²) in [6.45, 7) is 8.65. The molecule has 0 N–H and O–H groups in total. The summed E-state index contributed by atoms with van der Waals surface area (Å²) in [6.07, 6.45) is 3.40. The quantitative estimate of drug-likeness (QED) is 0.574. The molecule has 1 fully saturated rings. The van der Waals surface area contributed by atoms with Crippen LogP contribution in [-0.2, 0) is 0 Å². The van der Waals surface area contributed by atoms with Crippen LogP contribution < -0.4 is 0 Å². The zero-order chi connectivity index (χ0) is 9.35. The molecular formula is C11H17N. The monoisotopic (exact) mass is 163 g/mol. The maximum atomic E-state index is 8.83. The van der Waals surface area contributed by atoms with E-state index in [1.54, 1.807) is 0 Å². The molecule has 1 aliphatic carbocycles. The summed E-state index contributed by atoms with van der Waals surface area (Å²) in [5.74, 6) is 1.03. The minimum Gasteiger partial charge on any atom is -0.193 e. The molecule has 1 nitrogen and oxygen atoms in total. The third-order valence-electron chi connectivity index (χ3n) is 2.72. The molecule has 12 heavy (non-hydrogen) atoms. The van der Waals surface area contributed by atoms with Crippen molar-refractivity contribution in [1.82, 2.24) is 0 Å². The van der Waals surface area contributed by atoms with E-state index in [9.17, 15) is 0 Å². The molecule has 1 atom stereocenters. The van der Waals surface area contributed by atoms with Crippen molar-refractivity contribution in [1.29, 1.82) is 5.26 Å². The van der Waals surface area contributed by atoms with Crippen LogP contribution in [-0.4, -0.2) is 0 Å². The summed E-state index contributed by atoms with van der Waals surface area (Å²) in [7, 11) is 0. The van der Waals surface area contributed by atoms with Crippen LogP contribution in [0.4, 0.5) is 0 Å². The molecule has 0 heterocycles. The Morgan fingerprint density at radius 1 is 1.58 bits per heavy atom. The Bertz CT molecular complexity index is 240. The van der Waals surface area contributed by atoms with Crippen molar-refractivity contribution < 1.29 is 0 Å². The van der Waals surface area contributed by atoms with E-state index in [-0.39, 0.29) is 0 Å². The Labute approximate surface area is 75.1 Å². The molecule has 1 heteroatoms. The number of rotatable bonds is 2. The van der Waals surface area contributed by atoms with Gasteiger partial charge in [0.15, 0.2) is 0 Å². The van der Waals surface area contributed by atoms with Gasteiger partial charge in [-0.2, -0.15) is 5.26 Å². The van der Waals surface area contributed by atoms with E-state index in [0.29, 0.717) is 17.3 Å². The number of hydrogen-bond donors (Lipinski definition) is 0. The average Bonchev–Trinajstić information content (AvgIpc) is 2.53. The Hall–Kier alpha value is -0.770. The van der Waals surface area contributed by atoms with Crippen molar-refractivity contribution >= 4 is 0 Å². The summed E-state index contributed by atoms with van der Waals surface area (Å²) < 4.78 is 0. The molecule has 0 aromatic carbocycles. The number of nitrogens with zero attached hydrogens (tertiary/aromatic N) is 1. The second-order valence-electron chi connectivity index (χ2n) is 4.69. The second kappa shape index (κ2) is 2.94. The Morgan fingerprint density at radius 3 is 2.33 bits per heavy atom. The van der Waals surface area contributed by atoms with Crippen LogP contribution in [0.2, 0.25) is 0 Å². The standard InChI is InChI=1S/C11H17N/c1-8(2)9(7-12)5-10-6-11(10,3)4/h5,8,10H,6H2,1-4H3/b9-5+. The summed E-state index contributed by atoms with van der Waals surface area (Å²) in [4.78, 5) is 0. The van der Waals surface area contributed by atoms with Crippen LogP contribution in [0.15, 0.2) is 11.6 Å². The van der Waals surface area contributed by atoms with Gasteiger partial charge in [0, 0.05) is 5.57 Å². The highest BCUT2D eigenvalue weighted by molar-refractivity contribution is 5.26. The van der Waals surface area contributed by atoms with Gasteiger partial charge in [-0.15, -0.1) is 0 Å². The lowest BCUT2D eigenvalue weighted by atomic mass is 10.0. The van der Waals surface area contributed by atoms with E-state index in [2.05, 4.69) is 39.8 Å². The predicted molar refractivity (Wildman–Crippen MR) is 50.4 cm³/mol.